The largest absolute Gasteiger partial charge is 0.396 e. The monoisotopic (exact) mass is 157 g/mol. The third-order valence-corrected chi connectivity index (χ3v) is 2.08. The molecule has 1 aliphatic carbocycles. The van der Waals surface area contributed by atoms with Gasteiger partial charge in [0.1, 0.15) is 0 Å². The first-order valence-electron chi connectivity index (χ1n) is 3.61. The van der Waals surface area contributed by atoms with Gasteiger partial charge in [-0.25, -0.2) is 0 Å². The standard InChI is InChI=1S/C6H11N3O2/c7-9-8-5-1-4(3-10)6(11)2-5/h4-6,10-11H,1-3H2. The molecule has 5 heteroatoms. The molecule has 2 N–H and O–H groups in total. The Morgan fingerprint density at radius 2 is 2.27 bits per heavy atom. The Hall–Kier alpha value is -0.770. The molecule has 0 bridgehead atoms. The van der Waals surface area contributed by atoms with E-state index in [1.165, 1.54) is 0 Å². The Labute approximate surface area is 64.3 Å². The number of aliphatic hydroxyl groups excluding tert-OH is 2. The summed E-state index contributed by atoms with van der Waals surface area (Å²) in [6.07, 6.45) is 0.576. The van der Waals surface area contributed by atoms with Crippen molar-refractivity contribution in [3.05, 3.63) is 10.4 Å². The van der Waals surface area contributed by atoms with Crippen LogP contribution in [0, 0.1) is 5.92 Å². The van der Waals surface area contributed by atoms with Gasteiger partial charge in [-0.2, -0.15) is 0 Å². The summed E-state index contributed by atoms with van der Waals surface area (Å²) in [4.78, 5) is 2.65. The van der Waals surface area contributed by atoms with Crippen molar-refractivity contribution in [2.75, 3.05) is 6.61 Å². The summed E-state index contributed by atoms with van der Waals surface area (Å²) in [5.74, 6) is -0.106. The fourth-order valence-corrected chi connectivity index (χ4v) is 1.44. The van der Waals surface area contributed by atoms with Gasteiger partial charge in [-0.1, -0.05) is 5.11 Å². The van der Waals surface area contributed by atoms with Crippen molar-refractivity contribution in [1.82, 2.24) is 0 Å². The highest BCUT2D eigenvalue weighted by Crippen LogP contribution is 2.27. The molecule has 1 fully saturated rings. The van der Waals surface area contributed by atoms with E-state index >= 15 is 0 Å². The summed E-state index contributed by atoms with van der Waals surface area (Å²) in [6, 6.07) is -0.132. The molecule has 5 nitrogen and oxygen atoms in total. The summed E-state index contributed by atoms with van der Waals surface area (Å²) in [5, 5.41) is 21.5. The van der Waals surface area contributed by atoms with Gasteiger partial charge in [0, 0.05) is 23.5 Å². The van der Waals surface area contributed by atoms with Crippen LogP contribution in [0.15, 0.2) is 5.11 Å². The van der Waals surface area contributed by atoms with E-state index in [9.17, 15) is 5.11 Å². The summed E-state index contributed by atoms with van der Waals surface area (Å²) in [5.41, 5.74) is 8.09. The molecule has 0 aromatic heterocycles. The van der Waals surface area contributed by atoms with Crippen molar-refractivity contribution < 1.29 is 10.2 Å². The second-order valence-electron chi connectivity index (χ2n) is 2.84. The van der Waals surface area contributed by atoms with Gasteiger partial charge in [-0.05, 0) is 18.4 Å². The minimum atomic E-state index is -0.504. The molecular weight excluding hydrogens is 146 g/mol. The predicted molar refractivity (Wildman–Crippen MR) is 38.8 cm³/mol. The maximum Gasteiger partial charge on any atom is 0.0594 e. The zero-order chi connectivity index (χ0) is 8.27. The molecule has 3 unspecified atom stereocenters. The minimum Gasteiger partial charge on any atom is -0.396 e. The minimum absolute atomic E-state index is 0.0292. The van der Waals surface area contributed by atoms with Crippen molar-refractivity contribution >= 4 is 0 Å². The topological polar surface area (TPSA) is 89.2 Å². The lowest BCUT2D eigenvalue weighted by molar-refractivity contribution is 0.0908. The highest BCUT2D eigenvalue weighted by atomic mass is 16.3. The first-order valence-corrected chi connectivity index (χ1v) is 3.61. The smallest absolute Gasteiger partial charge is 0.0594 e. The molecule has 1 aliphatic rings. The zero-order valence-electron chi connectivity index (χ0n) is 6.09. The van der Waals surface area contributed by atoms with E-state index in [-0.39, 0.29) is 18.6 Å². The van der Waals surface area contributed by atoms with E-state index in [1.54, 1.807) is 0 Å². The Kier molecular flexibility index (Phi) is 2.70. The predicted octanol–water partition coefficient (Wildman–Crippen LogP) is 0.429. The average Bonchev–Trinajstić information content (AvgIpc) is 2.32. The number of aliphatic hydroxyl groups is 2. The molecule has 0 saturated heterocycles. The Morgan fingerprint density at radius 1 is 1.55 bits per heavy atom. The molecule has 11 heavy (non-hydrogen) atoms. The second kappa shape index (κ2) is 3.57. The molecule has 0 spiro atoms. The zero-order valence-corrected chi connectivity index (χ0v) is 6.09. The number of azide groups is 1. The molecule has 1 rings (SSSR count). The Morgan fingerprint density at radius 3 is 2.73 bits per heavy atom. The first kappa shape index (κ1) is 8.33. The van der Waals surface area contributed by atoms with Gasteiger partial charge in [-0.3, -0.25) is 0 Å². The number of rotatable bonds is 2. The van der Waals surface area contributed by atoms with Crippen LogP contribution in [0.4, 0.5) is 0 Å². The van der Waals surface area contributed by atoms with Crippen molar-refractivity contribution in [3.8, 4) is 0 Å². The third kappa shape index (κ3) is 1.83. The van der Waals surface area contributed by atoms with Crippen molar-refractivity contribution in [2.45, 2.75) is 25.0 Å². The summed E-state index contributed by atoms with van der Waals surface area (Å²) >= 11 is 0. The van der Waals surface area contributed by atoms with Gasteiger partial charge in [0.25, 0.3) is 0 Å². The molecule has 0 aliphatic heterocycles. The molecule has 0 radical (unpaired) electrons. The van der Waals surface area contributed by atoms with Crippen LogP contribution < -0.4 is 0 Å². The lowest BCUT2D eigenvalue weighted by atomic mass is 10.1. The molecule has 62 valence electrons. The van der Waals surface area contributed by atoms with Crippen LogP contribution in [0.25, 0.3) is 10.4 Å². The first-order chi connectivity index (χ1) is 5.27. The van der Waals surface area contributed by atoms with E-state index < -0.39 is 6.10 Å². The quantitative estimate of drug-likeness (QED) is 0.345. The van der Waals surface area contributed by atoms with Crippen LogP contribution in [0.3, 0.4) is 0 Å². The van der Waals surface area contributed by atoms with Gasteiger partial charge in [0.15, 0.2) is 0 Å². The van der Waals surface area contributed by atoms with Crippen LogP contribution in [0.1, 0.15) is 12.8 Å². The van der Waals surface area contributed by atoms with Gasteiger partial charge >= 0.3 is 0 Å². The van der Waals surface area contributed by atoms with Crippen molar-refractivity contribution in [2.24, 2.45) is 11.0 Å². The third-order valence-electron chi connectivity index (χ3n) is 2.08. The van der Waals surface area contributed by atoms with Crippen LogP contribution in [0.5, 0.6) is 0 Å². The number of nitrogens with zero attached hydrogens (tertiary/aromatic N) is 3. The van der Waals surface area contributed by atoms with E-state index in [0.29, 0.717) is 12.8 Å². The fraction of sp³-hybridized carbons (Fsp3) is 1.00. The van der Waals surface area contributed by atoms with Gasteiger partial charge in [0.2, 0.25) is 0 Å². The van der Waals surface area contributed by atoms with E-state index in [0.717, 1.165) is 0 Å². The fourth-order valence-electron chi connectivity index (χ4n) is 1.44. The van der Waals surface area contributed by atoms with Crippen molar-refractivity contribution in [3.63, 3.8) is 0 Å². The van der Waals surface area contributed by atoms with E-state index in [4.69, 9.17) is 10.6 Å². The van der Waals surface area contributed by atoms with Gasteiger partial charge in [-0.15, -0.1) is 0 Å². The highest BCUT2D eigenvalue weighted by molar-refractivity contribution is 4.86. The maximum atomic E-state index is 9.24. The Balaban J connectivity index is 2.48. The lowest BCUT2D eigenvalue weighted by Gasteiger charge is -2.08. The van der Waals surface area contributed by atoms with Crippen LogP contribution in [0.2, 0.25) is 0 Å². The molecule has 3 atom stereocenters. The molecule has 0 heterocycles. The SMILES string of the molecule is [N-]=[N+]=NC1CC(O)C(CO)C1. The Bertz CT molecular complexity index is 179. The molecule has 1 saturated carbocycles. The summed E-state index contributed by atoms with van der Waals surface area (Å²) in [6.45, 7) is -0.0292. The maximum absolute atomic E-state index is 9.24. The molecule has 0 aromatic carbocycles. The molecule has 0 amide bonds. The van der Waals surface area contributed by atoms with Crippen LogP contribution in [-0.4, -0.2) is 29.0 Å². The molecule has 0 aromatic rings. The summed E-state index contributed by atoms with van der Waals surface area (Å²) < 4.78 is 0. The van der Waals surface area contributed by atoms with E-state index in [1.807, 2.05) is 0 Å². The van der Waals surface area contributed by atoms with Crippen LogP contribution >= 0.6 is 0 Å². The van der Waals surface area contributed by atoms with Crippen molar-refractivity contribution in [1.29, 1.82) is 0 Å². The van der Waals surface area contributed by atoms with E-state index in [2.05, 4.69) is 10.0 Å². The average molecular weight is 157 g/mol. The lowest BCUT2D eigenvalue weighted by Crippen LogP contribution is -2.16. The van der Waals surface area contributed by atoms with Crippen LogP contribution in [-0.2, 0) is 0 Å². The summed E-state index contributed by atoms with van der Waals surface area (Å²) in [7, 11) is 0. The number of hydrogen-bond donors (Lipinski definition) is 2. The van der Waals surface area contributed by atoms with Gasteiger partial charge in [0.05, 0.1) is 6.10 Å². The normalized spacial score (nSPS) is 36.7. The second-order valence-corrected chi connectivity index (χ2v) is 2.84. The molecular formula is C6H11N3O2. The number of hydrogen-bond acceptors (Lipinski definition) is 3. The van der Waals surface area contributed by atoms with Gasteiger partial charge < -0.3 is 10.2 Å². The highest BCUT2D eigenvalue weighted by Gasteiger charge is 2.31.